The monoisotopic (exact) mass is 681 g/mol. The lowest BCUT2D eigenvalue weighted by molar-refractivity contribution is -0.384. The molecule has 0 bridgehead atoms. The number of ether oxygens (including phenoxy) is 2. The second-order valence-electron chi connectivity index (χ2n) is 11.6. The topological polar surface area (TPSA) is 111 Å². The van der Waals surface area contributed by atoms with Crippen molar-refractivity contribution in [2.24, 2.45) is 0 Å². The molecule has 2 heterocycles. The maximum atomic E-state index is 13.6. The van der Waals surface area contributed by atoms with E-state index in [1.54, 1.807) is 26.0 Å². The van der Waals surface area contributed by atoms with E-state index in [0.717, 1.165) is 32.5 Å². The van der Waals surface area contributed by atoms with Gasteiger partial charge in [0.15, 0.2) is 0 Å². The first-order valence-electron chi connectivity index (χ1n) is 15.3. The zero-order valence-electron chi connectivity index (χ0n) is 26.8. The number of piperidine rings is 1. The van der Waals surface area contributed by atoms with Crippen LogP contribution in [0.15, 0.2) is 107 Å². The number of nitro benzene ring substituents is 1. The minimum atomic E-state index is -0.878. The van der Waals surface area contributed by atoms with Crippen LogP contribution in [0.5, 0.6) is 0 Å². The van der Waals surface area contributed by atoms with E-state index in [2.05, 4.69) is 70.9 Å². The molecule has 0 unspecified atom stereocenters. The summed E-state index contributed by atoms with van der Waals surface area (Å²) >= 11 is 0. The molecule has 1 atom stereocenters. The van der Waals surface area contributed by atoms with Gasteiger partial charge in [-0.25, -0.2) is 9.59 Å². The van der Waals surface area contributed by atoms with Crippen molar-refractivity contribution in [1.29, 1.82) is 0 Å². The molecule has 3 aromatic rings. The third-order valence-electron chi connectivity index (χ3n) is 9.01. The van der Waals surface area contributed by atoms with Crippen LogP contribution in [0.25, 0.3) is 0 Å². The number of hydrogen-bond donors (Lipinski definition) is 1. The molecule has 5 rings (SSSR count). The first kappa shape index (κ1) is 37.3. The maximum Gasteiger partial charge on any atom is 0.336 e. The molecule has 0 aliphatic carbocycles. The fourth-order valence-electron chi connectivity index (χ4n) is 6.74. The SMILES string of the molecule is COC(=O)C1=C(C)NC(C)=C(C(=O)OCCCN2CCC(c3ccccc3)(c3ccccc3)CC2)[C@H]1c1cccc([N+](=O)[O-])c1.Cl.Cl. The number of carbonyl (C=O) groups is 2. The van der Waals surface area contributed by atoms with Crippen molar-refractivity contribution < 1.29 is 24.0 Å². The molecule has 0 saturated carbocycles. The standard InChI is InChI=1S/C36H39N3O6.2ClH/c1-25-31(34(40)44-3)33(27-12-10-17-30(24-27)39(42)43)32(26(2)37-25)35(41)45-23-11-20-38-21-18-36(19-22-38,28-13-6-4-7-14-28)29-15-8-5-9-16-29;;/h4-10,12-17,24,33,37H,11,18-23H2,1-3H3;2*1H/t33-;;/m0../s1. The minimum Gasteiger partial charge on any atom is -0.466 e. The van der Waals surface area contributed by atoms with E-state index in [1.165, 1.54) is 30.4 Å². The summed E-state index contributed by atoms with van der Waals surface area (Å²) in [5.41, 5.74) is 4.42. The van der Waals surface area contributed by atoms with E-state index in [4.69, 9.17) is 9.47 Å². The van der Waals surface area contributed by atoms with E-state index in [9.17, 15) is 19.7 Å². The van der Waals surface area contributed by atoms with Crippen molar-refractivity contribution in [2.75, 3.05) is 33.4 Å². The molecule has 11 heteroatoms. The molecule has 0 spiro atoms. The lowest BCUT2D eigenvalue weighted by Gasteiger charge is -2.43. The Morgan fingerprint density at radius 1 is 0.872 bits per heavy atom. The highest BCUT2D eigenvalue weighted by molar-refractivity contribution is 5.99. The van der Waals surface area contributed by atoms with Crippen molar-refractivity contribution in [1.82, 2.24) is 10.2 Å². The summed E-state index contributed by atoms with van der Waals surface area (Å²) in [5.74, 6) is -2.07. The molecular formula is C36H41Cl2N3O6. The van der Waals surface area contributed by atoms with Gasteiger partial charge in [-0.2, -0.15) is 0 Å². The fraction of sp³-hybridized carbons (Fsp3) is 0.333. The molecule has 250 valence electrons. The third-order valence-corrected chi connectivity index (χ3v) is 9.01. The van der Waals surface area contributed by atoms with E-state index < -0.39 is 22.8 Å². The average molecular weight is 683 g/mol. The van der Waals surface area contributed by atoms with Crippen molar-refractivity contribution >= 4 is 42.4 Å². The van der Waals surface area contributed by atoms with Crippen molar-refractivity contribution in [3.63, 3.8) is 0 Å². The molecule has 0 radical (unpaired) electrons. The number of halogens is 2. The number of rotatable bonds is 10. The predicted molar refractivity (Wildman–Crippen MR) is 186 cm³/mol. The fourth-order valence-corrected chi connectivity index (χ4v) is 6.74. The molecule has 1 saturated heterocycles. The van der Waals surface area contributed by atoms with Crippen molar-refractivity contribution in [3.05, 3.63) is 134 Å². The van der Waals surface area contributed by atoms with Crippen LogP contribution in [0.1, 0.15) is 55.7 Å². The number of esters is 2. The number of methoxy groups -OCH3 is 1. The molecule has 2 aliphatic heterocycles. The van der Waals surface area contributed by atoms with Crippen LogP contribution in [0.2, 0.25) is 0 Å². The quantitative estimate of drug-likeness (QED) is 0.107. The van der Waals surface area contributed by atoms with Gasteiger partial charge in [-0.15, -0.1) is 24.8 Å². The molecular weight excluding hydrogens is 641 g/mol. The number of allylic oxidation sites excluding steroid dienone is 2. The summed E-state index contributed by atoms with van der Waals surface area (Å²) in [7, 11) is 1.26. The summed E-state index contributed by atoms with van der Waals surface area (Å²) in [6, 6.07) is 27.4. The van der Waals surface area contributed by atoms with E-state index >= 15 is 0 Å². The van der Waals surface area contributed by atoms with Crippen LogP contribution >= 0.6 is 24.8 Å². The van der Waals surface area contributed by atoms with Crippen LogP contribution < -0.4 is 5.32 Å². The Bertz CT molecular complexity index is 1580. The number of nitrogens with one attached hydrogen (secondary N) is 1. The molecule has 0 amide bonds. The lowest BCUT2D eigenvalue weighted by atomic mass is 9.68. The Hall–Kier alpha value is -4.18. The minimum absolute atomic E-state index is 0. The van der Waals surface area contributed by atoms with Crippen LogP contribution in [-0.4, -0.2) is 55.1 Å². The number of nitrogens with zero attached hydrogens (tertiary/aromatic N) is 2. The Kier molecular flexibility index (Phi) is 13.2. The second-order valence-corrected chi connectivity index (χ2v) is 11.6. The Balaban J connectivity index is 0.00000300. The average Bonchev–Trinajstić information content (AvgIpc) is 3.07. The van der Waals surface area contributed by atoms with Crippen LogP contribution in [-0.2, 0) is 24.5 Å². The summed E-state index contributed by atoms with van der Waals surface area (Å²) in [6.45, 7) is 6.28. The molecule has 0 aromatic heterocycles. The van der Waals surface area contributed by atoms with Gasteiger partial charge in [-0.3, -0.25) is 10.1 Å². The molecule has 1 N–H and O–H groups in total. The zero-order valence-corrected chi connectivity index (χ0v) is 28.4. The van der Waals surface area contributed by atoms with Gasteiger partial charge in [0.05, 0.1) is 35.7 Å². The number of benzene rings is 3. The van der Waals surface area contributed by atoms with E-state index in [-0.39, 0.29) is 53.7 Å². The number of dihydropyridines is 1. The largest absolute Gasteiger partial charge is 0.466 e. The van der Waals surface area contributed by atoms with Gasteiger partial charge in [0.2, 0.25) is 0 Å². The van der Waals surface area contributed by atoms with Crippen molar-refractivity contribution in [3.8, 4) is 0 Å². The highest BCUT2D eigenvalue weighted by Gasteiger charge is 2.39. The molecule has 1 fully saturated rings. The Labute approximate surface area is 288 Å². The van der Waals surface area contributed by atoms with Crippen LogP contribution in [0, 0.1) is 10.1 Å². The smallest absolute Gasteiger partial charge is 0.336 e. The van der Waals surface area contributed by atoms with Gasteiger partial charge in [0.1, 0.15) is 0 Å². The van der Waals surface area contributed by atoms with Crippen molar-refractivity contribution in [2.45, 2.75) is 44.4 Å². The van der Waals surface area contributed by atoms with Crippen LogP contribution in [0.3, 0.4) is 0 Å². The van der Waals surface area contributed by atoms with E-state index in [1.807, 2.05) is 0 Å². The van der Waals surface area contributed by atoms with Gasteiger partial charge in [-0.05, 0) is 62.9 Å². The normalized spacial score (nSPS) is 17.5. The summed E-state index contributed by atoms with van der Waals surface area (Å²) in [6.07, 6.45) is 2.63. The zero-order chi connectivity index (χ0) is 32.0. The molecule has 3 aromatic carbocycles. The first-order valence-corrected chi connectivity index (χ1v) is 15.3. The number of nitro groups is 1. The highest BCUT2D eigenvalue weighted by atomic mass is 35.5. The van der Waals surface area contributed by atoms with Crippen LogP contribution in [0.4, 0.5) is 5.69 Å². The van der Waals surface area contributed by atoms with Gasteiger partial charge in [0.25, 0.3) is 5.69 Å². The second kappa shape index (κ2) is 16.6. The molecule has 9 nitrogen and oxygen atoms in total. The summed E-state index contributed by atoms with van der Waals surface area (Å²) in [4.78, 5) is 39.9. The third kappa shape index (κ3) is 8.04. The number of non-ortho nitro benzene ring substituents is 1. The molecule has 47 heavy (non-hydrogen) atoms. The van der Waals surface area contributed by atoms with Gasteiger partial charge in [-0.1, -0.05) is 72.8 Å². The first-order chi connectivity index (χ1) is 21.7. The Morgan fingerprint density at radius 3 is 1.96 bits per heavy atom. The maximum absolute atomic E-state index is 13.6. The number of likely N-dealkylation sites (tertiary alicyclic amines) is 1. The lowest BCUT2D eigenvalue weighted by Crippen LogP contribution is -2.43. The summed E-state index contributed by atoms with van der Waals surface area (Å²) < 4.78 is 10.8. The highest BCUT2D eigenvalue weighted by Crippen LogP contribution is 2.42. The molecule has 2 aliphatic rings. The number of hydrogen-bond acceptors (Lipinski definition) is 8. The Morgan fingerprint density at radius 2 is 1.43 bits per heavy atom. The van der Waals surface area contributed by atoms with Gasteiger partial charge >= 0.3 is 11.9 Å². The van der Waals surface area contributed by atoms with Gasteiger partial charge < -0.3 is 19.7 Å². The van der Waals surface area contributed by atoms with Gasteiger partial charge in [0, 0.05) is 35.5 Å². The predicted octanol–water partition coefficient (Wildman–Crippen LogP) is 6.86. The summed E-state index contributed by atoms with van der Waals surface area (Å²) in [5, 5.41) is 14.6. The number of carbonyl (C=O) groups excluding carboxylic acids is 2. The van der Waals surface area contributed by atoms with E-state index in [0.29, 0.717) is 23.4 Å².